The number of nitrogens with zero attached hydrogens (tertiary/aromatic N) is 2. The van der Waals surface area contributed by atoms with Crippen molar-refractivity contribution < 1.29 is 17.5 Å². The van der Waals surface area contributed by atoms with Gasteiger partial charge in [-0.1, -0.05) is 42.2 Å². The first-order valence-electron chi connectivity index (χ1n) is 11.6. The molecule has 0 bridgehead atoms. The molecule has 0 radical (unpaired) electrons. The van der Waals surface area contributed by atoms with Gasteiger partial charge in [0.2, 0.25) is 5.52 Å². The standard InChI is InChI=1S/C26H26N2O3S4/c1-3-18(16-24-27(4-2)20-8-5-6-9-22(20)33-24)17-25-28(13-7-15-35(29,30)31)26-19-12-14-32-21(19)10-11-23(26)34-25/h5-6,8-12,14,16-17H,3-4,7,13,15H2,1-2H3. The highest BCUT2D eigenvalue weighted by atomic mass is 32.2. The first kappa shape index (κ1) is 24.5. The molecule has 35 heavy (non-hydrogen) atoms. The summed E-state index contributed by atoms with van der Waals surface area (Å²) in [5, 5.41) is 5.54. The maximum absolute atomic E-state index is 11.3. The van der Waals surface area contributed by atoms with Crippen LogP contribution in [0.15, 0.2) is 69.4 Å². The van der Waals surface area contributed by atoms with Crippen LogP contribution in [0.2, 0.25) is 0 Å². The van der Waals surface area contributed by atoms with E-state index in [4.69, 9.17) is 0 Å². The Bertz CT molecular complexity index is 1560. The highest BCUT2D eigenvalue weighted by Crippen LogP contribution is 2.46. The summed E-state index contributed by atoms with van der Waals surface area (Å²) in [4.78, 5) is 3.61. The maximum atomic E-state index is 11.3. The van der Waals surface area contributed by atoms with Crippen LogP contribution in [0.4, 0.5) is 5.69 Å². The van der Waals surface area contributed by atoms with Crippen LogP contribution in [0.1, 0.15) is 31.7 Å². The molecule has 9 heteroatoms. The zero-order valence-corrected chi connectivity index (χ0v) is 22.8. The molecule has 0 unspecified atom stereocenters. The number of thiazole rings is 1. The molecule has 0 saturated heterocycles. The fourth-order valence-electron chi connectivity index (χ4n) is 4.43. The smallest absolute Gasteiger partial charge is 0.263 e. The summed E-state index contributed by atoms with van der Waals surface area (Å²) in [5.41, 5.74) is 3.57. The number of benzene rings is 2. The SMILES string of the molecule is CCC(=Cc1sc2ccc3sccc3c2[n+]1CCCS(=O)(=O)[O-])C=C1Sc2ccccc2N1CC. The lowest BCUT2D eigenvalue weighted by molar-refractivity contribution is -0.667. The Hall–Kier alpha value is -2.17. The molecule has 0 amide bonds. The Morgan fingerprint density at radius 1 is 1.11 bits per heavy atom. The van der Waals surface area contributed by atoms with Crippen molar-refractivity contribution in [1.82, 2.24) is 0 Å². The van der Waals surface area contributed by atoms with E-state index in [0.717, 1.165) is 28.2 Å². The number of aromatic nitrogens is 1. The molecule has 0 fully saturated rings. The second-order valence-electron chi connectivity index (χ2n) is 8.32. The lowest BCUT2D eigenvalue weighted by atomic mass is 10.2. The molecule has 1 aliphatic rings. The van der Waals surface area contributed by atoms with Crippen molar-refractivity contribution in [1.29, 1.82) is 0 Å². The molecule has 0 spiro atoms. The predicted octanol–water partition coefficient (Wildman–Crippen LogP) is 6.61. The third kappa shape index (κ3) is 5.06. The van der Waals surface area contributed by atoms with Gasteiger partial charge in [0.05, 0.1) is 26.2 Å². The molecule has 5 rings (SSSR count). The van der Waals surface area contributed by atoms with Crippen LogP contribution in [0.3, 0.4) is 0 Å². The van der Waals surface area contributed by atoms with Gasteiger partial charge in [-0.25, -0.2) is 8.42 Å². The number of hydrogen-bond acceptors (Lipinski definition) is 7. The van der Waals surface area contributed by atoms with Crippen molar-refractivity contribution in [3.63, 3.8) is 0 Å². The molecule has 0 aliphatic carbocycles. The van der Waals surface area contributed by atoms with Crippen molar-refractivity contribution in [3.8, 4) is 0 Å². The minimum Gasteiger partial charge on any atom is -0.748 e. The zero-order chi connectivity index (χ0) is 24.6. The molecule has 4 aromatic rings. The van der Waals surface area contributed by atoms with Crippen LogP contribution in [-0.2, 0) is 16.7 Å². The molecule has 3 heterocycles. The summed E-state index contributed by atoms with van der Waals surface area (Å²) >= 11 is 5.20. The molecule has 0 saturated carbocycles. The number of rotatable bonds is 8. The van der Waals surface area contributed by atoms with E-state index >= 15 is 0 Å². The Labute approximate surface area is 218 Å². The van der Waals surface area contributed by atoms with Gasteiger partial charge in [0.25, 0.3) is 5.01 Å². The number of fused-ring (bicyclic) bond motifs is 4. The van der Waals surface area contributed by atoms with E-state index in [2.05, 4.69) is 83.3 Å². The van der Waals surface area contributed by atoms with Crippen molar-refractivity contribution >= 4 is 76.6 Å². The summed E-state index contributed by atoms with van der Waals surface area (Å²) in [7, 11) is -4.24. The van der Waals surface area contributed by atoms with Gasteiger partial charge >= 0.3 is 0 Å². The van der Waals surface area contributed by atoms with E-state index in [1.807, 2.05) is 0 Å². The molecule has 0 N–H and O–H groups in total. The third-order valence-electron chi connectivity index (χ3n) is 6.08. The zero-order valence-electron chi connectivity index (χ0n) is 19.6. The minimum atomic E-state index is -4.24. The Morgan fingerprint density at radius 2 is 1.91 bits per heavy atom. The molecule has 182 valence electrons. The average Bonchev–Trinajstić information content (AvgIpc) is 3.52. The van der Waals surface area contributed by atoms with Gasteiger partial charge in [-0.2, -0.15) is 4.57 Å². The van der Waals surface area contributed by atoms with E-state index in [0.29, 0.717) is 13.0 Å². The molecule has 2 aromatic heterocycles. The number of hydrogen-bond donors (Lipinski definition) is 0. The van der Waals surface area contributed by atoms with Crippen molar-refractivity contribution in [2.75, 3.05) is 17.2 Å². The Balaban J connectivity index is 1.58. The molecule has 5 nitrogen and oxygen atoms in total. The molecule has 2 aromatic carbocycles. The minimum absolute atomic E-state index is 0.293. The fourth-order valence-corrected chi connectivity index (χ4v) is 8.08. The second kappa shape index (κ2) is 10.1. The summed E-state index contributed by atoms with van der Waals surface area (Å²) in [6.45, 7) is 5.71. The molecule has 0 atom stereocenters. The summed E-state index contributed by atoms with van der Waals surface area (Å²) in [6.07, 6.45) is 5.65. The predicted molar refractivity (Wildman–Crippen MR) is 148 cm³/mol. The second-order valence-corrected chi connectivity index (χ2v) is 12.9. The molecular weight excluding hydrogens is 517 g/mol. The van der Waals surface area contributed by atoms with Gasteiger partial charge in [-0.05, 0) is 60.7 Å². The molecule has 1 aliphatic heterocycles. The Morgan fingerprint density at radius 3 is 2.69 bits per heavy atom. The topological polar surface area (TPSA) is 64.3 Å². The van der Waals surface area contributed by atoms with E-state index < -0.39 is 10.1 Å². The Kier molecular flexibility index (Phi) is 7.05. The van der Waals surface area contributed by atoms with Gasteiger partial charge in [0.1, 0.15) is 4.70 Å². The number of anilines is 1. The van der Waals surface area contributed by atoms with Crippen molar-refractivity contribution in [3.05, 3.63) is 69.5 Å². The van der Waals surface area contributed by atoms with Gasteiger partial charge < -0.3 is 9.45 Å². The van der Waals surface area contributed by atoms with Crippen LogP contribution in [-0.4, -0.2) is 25.3 Å². The number of thiophene rings is 1. The summed E-state index contributed by atoms with van der Waals surface area (Å²) in [5.74, 6) is -0.356. The number of para-hydroxylation sites is 1. The van der Waals surface area contributed by atoms with Crippen LogP contribution < -0.4 is 9.47 Å². The normalized spacial score (nSPS) is 15.6. The third-order valence-corrected chi connectivity index (χ3v) is 9.96. The van der Waals surface area contributed by atoms with Gasteiger partial charge in [0, 0.05) is 34.4 Å². The maximum Gasteiger partial charge on any atom is 0.263 e. The van der Waals surface area contributed by atoms with Crippen LogP contribution in [0, 0.1) is 0 Å². The lowest BCUT2D eigenvalue weighted by Crippen LogP contribution is -2.36. The van der Waals surface area contributed by atoms with Crippen molar-refractivity contribution in [2.45, 2.75) is 38.1 Å². The van der Waals surface area contributed by atoms with Gasteiger partial charge in [0.15, 0.2) is 6.54 Å². The highest BCUT2D eigenvalue weighted by Gasteiger charge is 2.25. The molecular formula is C26H26N2O3S4. The van der Waals surface area contributed by atoms with E-state index in [1.54, 1.807) is 34.4 Å². The number of allylic oxidation sites excluding steroid dienone is 2. The average molecular weight is 543 g/mol. The number of aryl methyl sites for hydroxylation is 1. The number of thioether (sulfide) groups is 1. The highest BCUT2D eigenvalue weighted by molar-refractivity contribution is 8.03. The van der Waals surface area contributed by atoms with Crippen LogP contribution in [0.5, 0.6) is 0 Å². The van der Waals surface area contributed by atoms with E-state index in [1.165, 1.54) is 31.3 Å². The summed E-state index contributed by atoms with van der Waals surface area (Å²) in [6, 6.07) is 14.9. The van der Waals surface area contributed by atoms with Crippen molar-refractivity contribution in [2.24, 2.45) is 0 Å². The fraction of sp³-hybridized carbons (Fsp3) is 0.269. The van der Waals surface area contributed by atoms with E-state index in [9.17, 15) is 13.0 Å². The lowest BCUT2D eigenvalue weighted by Gasteiger charge is -2.18. The quantitative estimate of drug-likeness (QED) is 0.185. The first-order chi connectivity index (χ1) is 16.9. The van der Waals surface area contributed by atoms with Crippen LogP contribution >= 0.6 is 34.4 Å². The van der Waals surface area contributed by atoms with Gasteiger partial charge in [-0.3, -0.25) is 0 Å². The monoisotopic (exact) mass is 542 g/mol. The van der Waals surface area contributed by atoms with Gasteiger partial charge in [-0.15, -0.1) is 11.3 Å². The largest absolute Gasteiger partial charge is 0.748 e. The summed E-state index contributed by atoms with van der Waals surface area (Å²) < 4.78 is 38.3. The van der Waals surface area contributed by atoms with E-state index in [-0.39, 0.29) is 5.75 Å². The van der Waals surface area contributed by atoms with Crippen LogP contribution in [0.25, 0.3) is 26.4 Å². The first-order valence-corrected chi connectivity index (χ1v) is 15.7.